The number of aliphatic hydroxyl groups is 2. The van der Waals surface area contributed by atoms with Gasteiger partial charge in [-0.15, -0.1) is 0 Å². The summed E-state index contributed by atoms with van der Waals surface area (Å²) in [6.07, 6.45) is 3.53. The van der Waals surface area contributed by atoms with Crippen molar-refractivity contribution in [3.05, 3.63) is 12.2 Å². The van der Waals surface area contributed by atoms with Gasteiger partial charge in [0.25, 0.3) is 0 Å². The van der Waals surface area contributed by atoms with Crippen LogP contribution in [0.15, 0.2) is 12.2 Å². The molecule has 0 saturated heterocycles. The first-order valence-electron chi connectivity index (χ1n) is 7.36. The van der Waals surface area contributed by atoms with Gasteiger partial charge in [-0.25, -0.2) is 17.9 Å². The van der Waals surface area contributed by atoms with Gasteiger partial charge in [0.1, 0.15) is 0 Å². The minimum atomic E-state index is -3.37. The smallest absolute Gasteiger partial charge is 0.327 e. The lowest BCUT2D eigenvalue weighted by Crippen LogP contribution is -2.38. The molecule has 1 aliphatic rings. The average Bonchev–Trinajstić information content (AvgIpc) is 2.66. The fourth-order valence-corrected chi connectivity index (χ4v) is 3.74. The van der Waals surface area contributed by atoms with Crippen molar-refractivity contribution in [1.29, 1.82) is 0 Å². The van der Waals surface area contributed by atoms with Crippen LogP contribution in [0.3, 0.4) is 0 Å². The van der Waals surface area contributed by atoms with Gasteiger partial charge in [0.15, 0.2) is 0 Å². The monoisotopic (exact) mass is 335 g/mol. The Morgan fingerprint density at radius 2 is 2.00 bits per heavy atom. The van der Waals surface area contributed by atoms with E-state index in [0.29, 0.717) is 12.8 Å². The van der Waals surface area contributed by atoms with E-state index in [0.717, 1.165) is 12.3 Å². The molecule has 1 aliphatic carbocycles. The van der Waals surface area contributed by atoms with Crippen LogP contribution >= 0.6 is 0 Å². The van der Waals surface area contributed by atoms with Crippen molar-refractivity contribution in [3.63, 3.8) is 0 Å². The topological polar surface area (TPSA) is 124 Å². The number of carboxylic acids is 1. The lowest BCUT2D eigenvalue weighted by Gasteiger charge is -2.30. The van der Waals surface area contributed by atoms with Crippen LogP contribution in [0.2, 0.25) is 0 Å². The highest BCUT2D eigenvalue weighted by molar-refractivity contribution is 7.88. The van der Waals surface area contributed by atoms with Gasteiger partial charge in [-0.1, -0.05) is 19.4 Å². The highest BCUT2D eigenvalue weighted by Gasteiger charge is 2.44. The lowest BCUT2D eigenvalue weighted by atomic mass is 9.79. The van der Waals surface area contributed by atoms with Crippen LogP contribution in [0.25, 0.3) is 0 Å². The molecule has 1 rings (SSSR count). The van der Waals surface area contributed by atoms with Gasteiger partial charge in [-0.2, -0.15) is 0 Å². The van der Waals surface area contributed by atoms with Crippen molar-refractivity contribution < 1.29 is 28.5 Å². The number of nitrogens with one attached hydrogen (secondary N) is 1. The van der Waals surface area contributed by atoms with E-state index in [2.05, 4.69) is 4.72 Å². The average molecular weight is 335 g/mol. The van der Waals surface area contributed by atoms with Gasteiger partial charge >= 0.3 is 5.97 Å². The summed E-state index contributed by atoms with van der Waals surface area (Å²) in [6.45, 7) is 2.00. The second-order valence-electron chi connectivity index (χ2n) is 5.88. The Kier molecular flexibility index (Phi) is 6.98. The number of aliphatic hydroxyl groups excluding tert-OH is 2. The molecule has 1 fully saturated rings. The fraction of sp³-hybridized carbons (Fsp3) is 0.786. The Morgan fingerprint density at radius 1 is 1.36 bits per heavy atom. The normalized spacial score (nSPS) is 30.7. The van der Waals surface area contributed by atoms with Gasteiger partial charge in [0.2, 0.25) is 10.0 Å². The van der Waals surface area contributed by atoms with E-state index in [-0.39, 0.29) is 30.7 Å². The molecule has 7 nitrogen and oxygen atoms in total. The minimum Gasteiger partial charge on any atom is -0.478 e. The Morgan fingerprint density at radius 3 is 2.50 bits per heavy atom. The maximum absolute atomic E-state index is 11.2. The molecular weight excluding hydrogens is 310 g/mol. The third-order valence-electron chi connectivity index (χ3n) is 4.27. The van der Waals surface area contributed by atoms with Crippen LogP contribution in [0, 0.1) is 17.8 Å². The number of aliphatic carboxylic acids is 1. The van der Waals surface area contributed by atoms with E-state index in [1.165, 1.54) is 6.08 Å². The van der Waals surface area contributed by atoms with E-state index in [4.69, 9.17) is 5.11 Å². The highest BCUT2D eigenvalue weighted by Crippen LogP contribution is 2.40. The molecule has 1 saturated carbocycles. The molecule has 0 aromatic rings. The summed E-state index contributed by atoms with van der Waals surface area (Å²) in [4.78, 5) is 10.5. The quantitative estimate of drug-likeness (QED) is 0.461. The van der Waals surface area contributed by atoms with E-state index >= 15 is 0 Å². The SMILES string of the molecule is CCC(CC=CC(=O)O)C1C(O)C[C@@H](O)[C@H]1CNS(C)(=O)=O. The molecule has 5 atom stereocenters. The van der Waals surface area contributed by atoms with Crippen molar-refractivity contribution >= 4 is 16.0 Å². The number of hydrogen-bond acceptors (Lipinski definition) is 5. The highest BCUT2D eigenvalue weighted by atomic mass is 32.2. The van der Waals surface area contributed by atoms with E-state index in [1.807, 2.05) is 6.92 Å². The Labute approximate surface area is 131 Å². The zero-order chi connectivity index (χ0) is 16.9. The predicted octanol–water partition coefficient (Wildman–Crippen LogP) is -0.0494. The van der Waals surface area contributed by atoms with Crippen LogP contribution in [0.4, 0.5) is 0 Å². The van der Waals surface area contributed by atoms with Gasteiger partial charge in [-0.05, 0) is 24.7 Å². The molecule has 8 heteroatoms. The fourth-order valence-electron chi connectivity index (χ4n) is 3.24. The van der Waals surface area contributed by atoms with Crippen LogP contribution in [0.5, 0.6) is 0 Å². The number of carboxylic acid groups (broad SMARTS) is 1. The number of allylic oxidation sites excluding steroid dienone is 1. The molecule has 0 spiro atoms. The first-order valence-corrected chi connectivity index (χ1v) is 9.25. The number of rotatable bonds is 8. The third kappa shape index (κ3) is 5.68. The van der Waals surface area contributed by atoms with Crippen molar-refractivity contribution in [3.8, 4) is 0 Å². The summed E-state index contributed by atoms with van der Waals surface area (Å²) in [6, 6.07) is 0. The molecule has 4 N–H and O–H groups in total. The molecular formula is C14H25NO6S. The predicted molar refractivity (Wildman–Crippen MR) is 81.6 cm³/mol. The maximum Gasteiger partial charge on any atom is 0.327 e. The van der Waals surface area contributed by atoms with Gasteiger partial charge in [0, 0.05) is 18.5 Å². The minimum absolute atomic E-state index is 0.0193. The van der Waals surface area contributed by atoms with Crippen molar-refractivity contribution in [1.82, 2.24) is 4.72 Å². The zero-order valence-electron chi connectivity index (χ0n) is 12.8. The van der Waals surface area contributed by atoms with Gasteiger partial charge < -0.3 is 15.3 Å². The van der Waals surface area contributed by atoms with Gasteiger partial charge in [0.05, 0.1) is 18.5 Å². The van der Waals surface area contributed by atoms with Crippen LogP contribution < -0.4 is 4.72 Å². The van der Waals surface area contributed by atoms with Crippen LogP contribution in [-0.4, -0.2) is 54.7 Å². The molecule has 0 aliphatic heterocycles. The zero-order valence-corrected chi connectivity index (χ0v) is 13.7. The first kappa shape index (κ1) is 19.1. The second kappa shape index (κ2) is 8.05. The summed E-state index contributed by atoms with van der Waals surface area (Å²) < 4.78 is 24.9. The number of sulfonamides is 1. The molecule has 3 unspecified atom stereocenters. The molecule has 22 heavy (non-hydrogen) atoms. The van der Waals surface area contributed by atoms with Crippen molar-refractivity contribution in [2.45, 2.75) is 38.4 Å². The lowest BCUT2D eigenvalue weighted by molar-refractivity contribution is -0.131. The summed E-state index contributed by atoms with van der Waals surface area (Å²) in [5.74, 6) is -1.70. The van der Waals surface area contributed by atoms with Crippen molar-refractivity contribution in [2.24, 2.45) is 17.8 Å². The largest absolute Gasteiger partial charge is 0.478 e. The molecule has 0 radical (unpaired) electrons. The summed E-state index contributed by atoms with van der Waals surface area (Å²) in [5, 5.41) is 28.9. The molecule has 0 aromatic heterocycles. The molecule has 0 bridgehead atoms. The first-order chi connectivity index (χ1) is 10.2. The van der Waals surface area contributed by atoms with E-state index < -0.39 is 28.2 Å². The Hall–Kier alpha value is -0.960. The van der Waals surface area contributed by atoms with Gasteiger partial charge in [-0.3, -0.25) is 0 Å². The maximum atomic E-state index is 11.2. The summed E-state index contributed by atoms with van der Waals surface area (Å²) >= 11 is 0. The Balaban J connectivity index is 2.82. The third-order valence-corrected chi connectivity index (χ3v) is 4.96. The number of carbonyl (C=O) groups is 1. The van der Waals surface area contributed by atoms with Crippen LogP contribution in [0.1, 0.15) is 26.2 Å². The number of hydrogen-bond donors (Lipinski definition) is 4. The molecule has 128 valence electrons. The second-order valence-corrected chi connectivity index (χ2v) is 7.71. The van der Waals surface area contributed by atoms with E-state index in [9.17, 15) is 23.4 Å². The van der Waals surface area contributed by atoms with Crippen LogP contribution in [-0.2, 0) is 14.8 Å². The van der Waals surface area contributed by atoms with Crippen molar-refractivity contribution in [2.75, 3.05) is 12.8 Å². The molecule has 0 aromatic carbocycles. The molecule has 0 heterocycles. The summed E-state index contributed by atoms with van der Waals surface area (Å²) in [5.41, 5.74) is 0. The summed E-state index contributed by atoms with van der Waals surface area (Å²) in [7, 11) is -3.37. The standard InChI is InChI=1S/C14H25NO6S/c1-3-9(5-4-6-13(18)19)14-10(8-15-22(2,20)21)11(16)7-12(14)17/h4,6,9-12,14-17H,3,5,7-8H2,1-2H3,(H,18,19)/t9?,10-,11-,12?,14?/m1/s1. The van der Waals surface area contributed by atoms with E-state index in [1.54, 1.807) is 0 Å². The Bertz CT molecular complexity index is 503. The molecule has 0 amide bonds.